The maximum absolute atomic E-state index is 13.1. The van der Waals surface area contributed by atoms with Gasteiger partial charge in [-0.1, -0.05) is 42.6 Å². The molecule has 0 saturated heterocycles. The van der Waals surface area contributed by atoms with Crippen LogP contribution in [0.25, 0.3) is 0 Å². The quantitative estimate of drug-likeness (QED) is 0.537. The molecule has 3 rings (SSSR count). The molecule has 1 amide bonds. The van der Waals surface area contributed by atoms with Crippen molar-refractivity contribution in [2.24, 2.45) is 0 Å². The minimum absolute atomic E-state index is 0.0924. The number of nitrogens with one attached hydrogen (secondary N) is 1. The Balaban J connectivity index is 1.64. The number of nitrogens with two attached hydrogens (primary N) is 1. The number of halogens is 4. The molecule has 6 nitrogen and oxygen atoms in total. The first kappa shape index (κ1) is 20.8. The molecule has 1 aliphatic carbocycles. The number of aromatic nitrogens is 3. The second-order valence-electron chi connectivity index (χ2n) is 6.57. The molecule has 28 heavy (non-hydrogen) atoms. The van der Waals surface area contributed by atoms with Crippen molar-refractivity contribution in [3.05, 3.63) is 34.6 Å². The van der Waals surface area contributed by atoms with E-state index in [9.17, 15) is 18.0 Å². The van der Waals surface area contributed by atoms with Crippen LogP contribution in [0, 0.1) is 0 Å². The Hall–Kier alpha value is -1.94. The molecule has 0 atom stereocenters. The van der Waals surface area contributed by atoms with Crippen LogP contribution in [0.4, 0.5) is 18.9 Å². The van der Waals surface area contributed by atoms with Gasteiger partial charge in [0.1, 0.15) is 0 Å². The predicted octanol–water partition coefficient (Wildman–Crippen LogP) is 4.44. The molecule has 2 aromatic rings. The lowest BCUT2D eigenvalue weighted by molar-refractivity contribution is -0.137. The van der Waals surface area contributed by atoms with Gasteiger partial charge in [-0.15, -0.1) is 10.2 Å². The van der Waals surface area contributed by atoms with Crippen LogP contribution in [0.5, 0.6) is 0 Å². The van der Waals surface area contributed by atoms with Gasteiger partial charge in [0.05, 0.1) is 17.0 Å². The molecule has 0 aliphatic heterocycles. The summed E-state index contributed by atoms with van der Waals surface area (Å²) in [4.78, 5) is 12.2. The highest BCUT2D eigenvalue weighted by molar-refractivity contribution is 7.99. The smallest absolute Gasteiger partial charge is 0.336 e. The third-order valence-electron chi connectivity index (χ3n) is 4.55. The van der Waals surface area contributed by atoms with Crippen LogP contribution in [-0.2, 0) is 11.0 Å². The molecule has 1 fully saturated rings. The standard InChI is InChI=1S/C17H19ClF3N5OS/c18-11-6-7-12(17(19,20)21)13(8-11)23-14(27)9-28-16-25-24-15(26(16)22)10-4-2-1-3-5-10/h6-8,10H,1-5,9,22H2,(H,23,27). The Morgan fingerprint density at radius 2 is 2.00 bits per heavy atom. The number of rotatable bonds is 5. The molecule has 1 saturated carbocycles. The van der Waals surface area contributed by atoms with Gasteiger partial charge in [-0.2, -0.15) is 13.2 Å². The molecule has 152 valence electrons. The summed E-state index contributed by atoms with van der Waals surface area (Å²) in [6.45, 7) is 0. The molecule has 1 heterocycles. The lowest BCUT2D eigenvalue weighted by atomic mass is 9.89. The van der Waals surface area contributed by atoms with Crippen molar-refractivity contribution in [3.8, 4) is 0 Å². The monoisotopic (exact) mass is 433 g/mol. The number of nitrogen functional groups attached to an aromatic ring is 1. The maximum atomic E-state index is 13.1. The van der Waals surface area contributed by atoms with Crippen LogP contribution in [0.3, 0.4) is 0 Å². The van der Waals surface area contributed by atoms with E-state index in [4.69, 9.17) is 17.4 Å². The number of thioether (sulfide) groups is 1. The van der Waals surface area contributed by atoms with Gasteiger partial charge in [-0.05, 0) is 31.0 Å². The van der Waals surface area contributed by atoms with Crippen molar-refractivity contribution in [1.29, 1.82) is 0 Å². The normalized spacial score (nSPS) is 15.6. The first-order valence-corrected chi connectivity index (χ1v) is 10.1. The summed E-state index contributed by atoms with van der Waals surface area (Å²) < 4.78 is 40.6. The second-order valence-corrected chi connectivity index (χ2v) is 7.95. The number of hydrogen-bond donors (Lipinski definition) is 2. The van der Waals surface area contributed by atoms with E-state index in [0.717, 1.165) is 55.6 Å². The number of amides is 1. The molecular formula is C17H19ClF3N5OS. The summed E-state index contributed by atoms with van der Waals surface area (Å²) in [6, 6.07) is 3.02. The summed E-state index contributed by atoms with van der Waals surface area (Å²) in [6.07, 6.45) is 0.811. The summed E-state index contributed by atoms with van der Waals surface area (Å²) in [5.41, 5.74) is -1.35. The predicted molar refractivity (Wildman–Crippen MR) is 102 cm³/mol. The lowest BCUT2D eigenvalue weighted by Crippen LogP contribution is -2.20. The number of hydrogen-bond acceptors (Lipinski definition) is 5. The Kier molecular flexibility index (Phi) is 6.39. The first-order chi connectivity index (χ1) is 13.3. The Morgan fingerprint density at radius 3 is 2.68 bits per heavy atom. The number of anilines is 1. The summed E-state index contributed by atoms with van der Waals surface area (Å²) in [7, 11) is 0. The average molecular weight is 434 g/mol. The molecule has 0 unspecified atom stereocenters. The van der Waals surface area contributed by atoms with E-state index < -0.39 is 17.6 Å². The van der Waals surface area contributed by atoms with Crippen molar-refractivity contribution in [2.75, 3.05) is 16.9 Å². The fourth-order valence-corrected chi connectivity index (χ4v) is 4.05. The SMILES string of the molecule is Nn1c(SCC(=O)Nc2cc(Cl)ccc2C(F)(F)F)nnc1C1CCCCC1. The van der Waals surface area contributed by atoms with Crippen LogP contribution >= 0.6 is 23.4 Å². The summed E-state index contributed by atoms with van der Waals surface area (Å²) >= 11 is 6.77. The van der Waals surface area contributed by atoms with E-state index in [0.29, 0.717) is 11.0 Å². The zero-order valence-corrected chi connectivity index (χ0v) is 16.4. The minimum atomic E-state index is -4.60. The van der Waals surface area contributed by atoms with Gasteiger partial charge >= 0.3 is 6.18 Å². The van der Waals surface area contributed by atoms with Crippen LogP contribution < -0.4 is 11.2 Å². The Labute approximate surface area is 169 Å². The largest absolute Gasteiger partial charge is 0.418 e. The van der Waals surface area contributed by atoms with Gasteiger partial charge in [0.25, 0.3) is 0 Å². The average Bonchev–Trinajstić information content (AvgIpc) is 3.00. The van der Waals surface area contributed by atoms with Crippen molar-refractivity contribution in [3.63, 3.8) is 0 Å². The maximum Gasteiger partial charge on any atom is 0.418 e. The third-order valence-corrected chi connectivity index (χ3v) is 5.73. The van der Waals surface area contributed by atoms with E-state index in [1.165, 1.54) is 11.1 Å². The minimum Gasteiger partial charge on any atom is -0.336 e. The Bertz CT molecular complexity index is 852. The molecule has 1 aromatic heterocycles. The molecule has 1 aliphatic rings. The summed E-state index contributed by atoms with van der Waals surface area (Å²) in [5, 5.41) is 10.8. The van der Waals surface area contributed by atoms with Crippen LogP contribution in [0.2, 0.25) is 5.02 Å². The molecule has 1 aromatic carbocycles. The van der Waals surface area contributed by atoms with Gasteiger partial charge < -0.3 is 11.2 Å². The molecule has 3 N–H and O–H groups in total. The van der Waals surface area contributed by atoms with Crippen molar-refractivity contribution in [1.82, 2.24) is 14.9 Å². The van der Waals surface area contributed by atoms with Crippen molar-refractivity contribution < 1.29 is 18.0 Å². The van der Waals surface area contributed by atoms with E-state index in [-0.39, 0.29) is 22.4 Å². The molecular weight excluding hydrogens is 415 g/mol. The zero-order valence-electron chi connectivity index (χ0n) is 14.8. The molecule has 0 radical (unpaired) electrons. The fourth-order valence-electron chi connectivity index (χ4n) is 3.21. The number of benzene rings is 1. The number of carbonyl (C=O) groups excluding carboxylic acids is 1. The van der Waals surface area contributed by atoms with Crippen LogP contribution in [-0.4, -0.2) is 26.5 Å². The Morgan fingerprint density at radius 1 is 1.29 bits per heavy atom. The third kappa shape index (κ3) is 4.91. The van der Waals surface area contributed by atoms with Crippen LogP contribution in [0.1, 0.15) is 49.4 Å². The summed E-state index contributed by atoms with van der Waals surface area (Å²) in [5.74, 6) is 6.18. The van der Waals surface area contributed by atoms with Gasteiger partial charge in [0.15, 0.2) is 5.82 Å². The van der Waals surface area contributed by atoms with E-state index in [1.807, 2.05) is 0 Å². The fraction of sp³-hybridized carbons (Fsp3) is 0.471. The van der Waals surface area contributed by atoms with E-state index >= 15 is 0 Å². The van der Waals surface area contributed by atoms with Gasteiger partial charge in [0, 0.05) is 10.9 Å². The highest BCUT2D eigenvalue weighted by Crippen LogP contribution is 2.36. The van der Waals surface area contributed by atoms with Gasteiger partial charge in [-0.25, -0.2) is 4.68 Å². The van der Waals surface area contributed by atoms with Gasteiger partial charge in [0.2, 0.25) is 11.1 Å². The highest BCUT2D eigenvalue weighted by atomic mass is 35.5. The molecule has 11 heteroatoms. The zero-order chi connectivity index (χ0) is 20.3. The molecule has 0 spiro atoms. The molecule has 0 bridgehead atoms. The number of nitrogens with zero attached hydrogens (tertiary/aromatic N) is 3. The van der Waals surface area contributed by atoms with E-state index in [2.05, 4.69) is 15.5 Å². The topological polar surface area (TPSA) is 85.8 Å². The van der Waals surface area contributed by atoms with Crippen LogP contribution in [0.15, 0.2) is 23.4 Å². The first-order valence-electron chi connectivity index (χ1n) is 8.75. The van der Waals surface area contributed by atoms with Gasteiger partial charge in [-0.3, -0.25) is 4.79 Å². The van der Waals surface area contributed by atoms with Crippen molar-refractivity contribution >= 4 is 35.0 Å². The number of alkyl halides is 3. The lowest BCUT2D eigenvalue weighted by Gasteiger charge is -2.20. The van der Waals surface area contributed by atoms with E-state index in [1.54, 1.807) is 0 Å². The number of carbonyl (C=O) groups is 1. The van der Waals surface area contributed by atoms with Crippen molar-refractivity contribution in [2.45, 2.75) is 49.4 Å². The second kappa shape index (κ2) is 8.60. The highest BCUT2D eigenvalue weighted by Gasteiger charge is 2.34.